The van der Waals surface area contributed by atoms with Gasteiger partial charge in [0.2, 0.25) is 0 Å². The van der Waals surface area contributed by atoms with Crippen molar-refractivity contribution >= 4 is 28.3 Å². The fourth-order valence-corrected chi connectivity index (χ4v) is 4.41. The second kappa shape index (κ2) is 7.16. The minimum atomic E-state index is -0.950. The van der Waals surface area contributed by atoms with E-state index >= 15 is 0 Å². The van der Waals surface area contributed by atoms with Crippen molar-refractivity contribution < 1.29 is 14.7 Å². The van der Waals surface area contributed by atoms with E-state index in [9.17, 15) is 14.7 Å². The molecule has 0 radical (unpaired) electrons. The van der Waals surface area contributed by atoms with Crippen molar-refractivity contribution in [1.29, 1.82) is 0 Å². The summed E-state index contributed by atoms with van der Waals surface area (Å²) < 4.78 is 0. The summed E-state index contributed by atoms with van der Waals surface area (Å²) in [5, 5.41) is 12.3. The Labute approximate surface area is 174 Å². The van der Waals surface area contributed by atoms with Gasteiger partial charge in [0.25, 0.3) is 5.91 Å². The summed E-state index contributed by atoms with van der Waals surface area (Å²) in [5.74, 6) is -2.01. The average Bonchev–Trinajstić information content (AvgIpc) is 2.79. The molecule has 1 aliphatic heterocycles. The van der Waals surface area contributed by atoms with Crippen LogP contribution in [-0.2, 0) is 4.79 Å². The number of anilines is 1. The lowest BCUT2D eigenvalue weighted by atomic mass is 9.79. The first kappa shape index (κ1) is 18.1. The lowest BCUT2D eigenvalue weighted by Gasteiger charge is -2.41. The summed E-state index contributed by atoms with van der Waals surface area (Å²) in [6.45, 7) is 0. The lowest BCUT2D eigenvalue weighted by molar-refractivity contribution is -0.139. The van der Waals surface area contributed by atoms with E-state index in [0.717, 1.165) is 16.3 Å². The van der Waals surface area contributed by atoms with Crippen molar-refractivity contribution in [2.24, 2.45) is 0 Å². The highest BCUT2D eigenvalue weighted by molar-refractivity contribution is 6.11. The number of aliphatic carboxylic acids is 1. The van der Waals surface area contributed by atoms with Crippen molar-refractivity contribution in [3.63, 3.8) is 0 Å². The maximum atomic E-state index is 13.6. The number of carbonyl (C=O) groups is 2. The fraction of sp³-hybridized carbons (Fsp3) is 0.0769. The predicted octanol–water partition coefficient (Wildman–Crippen LogP) is 5.41. The molecule has 0 spiro atoms. The van der Waals surface area contributed by atoms with Gasteiger partial charge in [0.15, 0.2) is 0 Å². The van der Waals surface area contributed by atoms with Gasteiger partial charge in [0.1, 0.15) is 5.92 Å². The Bertz CT molecular complexity index is 1270. The molecule has 0 fully saturated rings. The van der Waals surface area contributed by atoms with Gasteiger partial charge in [0.05, 0.1) is 6.04 Å². The largest absolute Gasteiger partial charge is 0.481 e. The van der Waals surface area contributed by atoms with Crippen LogP contribution in [0.5, 0.6) is 0 Å². The number of carbonyl (C=O) groups excluding carboxylic acids is 1. The molecule has 1 N–H and O–H groups in total. The van der Waals surface area contributed by atoms with Crippen LogP contribution in [0.2, 0.25) is 0 Å². The Kier molecular flexibility index (Phi) is 4.32. The van der Waals surface area contributed by atoms with Gasteiger partial charge in [-0.15, -0.1) is 0 Å². The van der Waals surface area contributed by atoms with Gasteiger partial charge >= 0.3 is 5.97 Å². The van der Waals surface area contributed by atoms with E-state index in [-0.39, 0.29) is 5.91 Å². The third-order valence-corrected chi connectivity index (χ3v) is 5.75. The minimum absolute atomic E-state index is 0.188. The number of amides is 1. The highest BCUT2D eigenvalue weighted by Gasteiger charge is 2.44. The number of carboxylic acid groups (broad SMARTS) is 1. The molecule has 2 atom stereocenters. The van der Waals surface area contributed by atoms with Crippen LogP contribution in [0.1, 0.15) is 33.4 Å². The quantitative estimate of drug-likeness (QED) is 0.506. The van der Waals surface area contributed by atoms with Crippen molar-refractivity contribution in [1.82, 2.24) is 0 Å². The molecule has 1 aliphatic rings. The van der Waals surface area contributed by atoms with E-state index in [1.807, 2.05) is 72.8 Å². The second-order valence-electron chi connectivity index (χ2n) is 7.47. The zero-order chi connectivity index (χ0) is 20.7. The molecule has 4 aromatic rings. The van der Waals surface area contributed by atoms with Crippen LogP contribution in [-0.4, -0.2) is 17.0 Å². The average molecular weight is 393 g/mol. The van der Waals surface area contributed by atoms with Crippen molar-refractivity contribution in [2.45, 2.75) is 12.0 Å². The molecule has 0 saturated carbocycles. The predicted molar refractivity (Wildman–Crippen MR) is 117 cm³/mol. The second-order valence-corrected chi connectivity index (χ2v) is 7.47. The summed E-state index contributed by atoms with van der Waals surface area (Å²) in [6.07, 6.45) is 0. The van der Waals surface area contributed by atoms with Gasteiger partial charge in [-0.2, -0.15) is 0 Å². The molecule has 0 saturated heterocycles. The molecule has 0 unspecified atom stereocenters. The molecule has 5 rings (SSSR count). The number of benzene rings is 4. The van der Waals surface area contributed by atoms with E-state index in [1.165, 1.54) is 0 Å². The van der Waals surface area contributed by atoms with E-state index in [2.05, 4.69) is 0 Å². The molecular formula is C26H19NO3. The number of rotatable bonds is 3. The Hall–Kier alpha value is -3.92. The van der Waals surface area contributed by atoms with E-state index < -0.39 is 17.9 Å². The van der Waals surface area contributed by atoms with Gasteiger partial charge in [-0.05, 0) is 46.2 Å². The first-order chi connectivity index (χ1) is 14.6. The van der Waals surface area contributed by atoms with Crippen LogP contribution in [0.25, 0.3) is 10.8 Å². The van der Waals surface area contributed by atoms with Crippen LogP contribution in [0.3, 0.4) is 0 Å². The molecule has 0 aromatic heterocycles. The van der Waals surface area contributed by atoms with Gasteiger partial charge in [-0.25, -0.2) is 0 Å². The molecule has 0 aliphatic carbocycles. The van der Waals surface area contributed by atoms with Gasteiger partial charge < -0.3 is 5.11 Å². The van der Waals surface area contributed by atoms with Crippen molar-refractivity contribution in [3.05, 3.63) is 114 Å². The molecule has 4 nitrogen and oxygen atoms in total. The van der Waals surface area contributed by atoms with Crippen molar-refractivity contribution in [3.8, 4) is 0 Å². The number of nitrogens with zero attached hydrogens (tertiary/aromatic N) is 1. The standard InChI is InChI=1S/C26H19NO3/c28-25-22-13-7-6-12-21(22)23(26(29)30)24(27(25)20-10-2-1-3-11-20)19-15-14-17-8-4-5-9-18(17)16-19/h1-16,23-24H,(H,29,30)/t23-,24-/m1/s1. The SMILES string of the molecule is O=C(O)[C@@H]1c2ccccc2C(=O)N(c2ccccc2)[C@@H]1c1ccc2ccccc2c1. The number of carboxylic acids is 1. The molecule has 146 valence electrons. The molecule has 0 bridgehead atoms. The minimum Gasteiger partial charge on any atom is -0.481 e. The van der Waals surface area contributed by atoms with Crippen LogP contribution in [0.15, 0.2) is 97.1 Å². The maximum Gasteiger partial charge on any atom is 0.313 e. The van der Waals surface area contributed by atoms with Crippen LogP contribution >= 0.6 is 0 Å². The smallest absolute Gasteiger partial charge is 0.313 e. The summed E-state index contributed by atoms with van der Waals surface area (Å²) in [4.78, 5) is 27.7. The Morgan fingerprint density at radius 2 is 1.43 bits per heavy atom. The van der Waals surface area contributed by atoms with Crippen LogP contribution < -0.4 is 4.90 Å². The van der Waals surface area contributed by atoms with E-state index in [4.69, 9.17) is 0 Å². The molecular weight excluding hydrogens is 374 g/mol. The van der Waals surface area contributed by atoms with Gasteiger partial charge in [-0.1, -0.05) is 72.8 Å². The molecule has 4 heteroatoms. The van der Waals surface area contributed by atoms with E-state index in [1.54, 1.807) is 29.2 Å². The fourth-order valence-electron chi connectivity index (χ4n) is 4.41. The Morgan fingerprint density at radius 1 is 0.767 bits per heavy atom. The van der Waals surface area contributed by atoms with Gasteiger partial charge in [-0.3, -0.25) is 14.5 Å². The molecule has 1 amide bonds. The van der Waals surface area contributed by atoms with Crippen molar-refractivity contribution in [2.75, 3.05) is 4.90 Å². The number of hydrogen-bond acceptors (Lipinski definition) is 2. The molecule has 30 heavy (non-hydrogen) atoms. The zero-order valence-corrected chi connectivity index (χ0v) is 16.1. The monoisotopic (exact) mass is 393 g/mol. The summed E-state index contributed by atoms with van der Waals surface area (Å²) in [5.41, 5.74) is 2.47. The third kappa shape index (κ3) is 2.85. The lowest BCUT2D eigenvalue weighted by Crippen LogP contribution is -2.45. The zero-order valence-electron chi connectivity index (χ0n) is 16.1. The number of fused-ring (bicyclic) bond motifs is 2. The third-order valence-electron chi connectivity index (χ3n) is 5.75. The maximum absolute atomic E-state index is 13.6. The summed E-state index contributed by atoms with van der Waals surface area (Å²) in [7, 11) is 0. The molecule has 4 aromatic carbocycles. The summed E-state index contributed by atoms with van der Waals surface area (Å²) in [6, 6.07) is 29.5. The Morgan fingerprint density at radius 3 is 2.20 bits per heavy atom. The highest BCUT2D eigenvalue weighted by Crippen LogP contribution is 2.45. The topological polar surface area (TPSA) is 57.6 Å². The Balaban J connectivity index is 1.78. The van der Waals surface area contributed by atoms with Gasteiger partial charge in [0, 0.05) is 11.3 Å². The molecule has 1 heterocycles. The number of hydrogen-bond donors (Lipinski definition) is 1. The summed E-state index contributed by atoms with van der Waals surface area (Å²) >= 11 is 0. The first-order valence-corrected chi connectivity index (χ1v) is 9.84. The van der Waals surface area contributed by atoms with E-state index in [0.29, 0.717) is 16.8 Å². The number of para-hydroxylation sites is 1. The highest BCUT2D eigenvalue weighted by atomic mass is 16.4. The van der Waals surface area contributed by atoms with Crippen LogP contribution in [0.4, 0.5) is 5.69 Å². The van der Waals surface area contributed by atoms with Crippen LogP contribution in [0, 0.1) is 0 Å². The first-order valence-electron chi connectivity index (χ1n) is 9.84. The normalized spacial score (nSPS) is 18.3.